The number of hydrogen-bond donors (Lipinski definition) is 3. The molecule has 6 rings (SSSR count). The van der Waals surface area contributed by atoms with Crippen molar-refractivity contribution in [2.24, 2.45) is 0 Å². The van der Waals surface area contributed by atoms with Crippen LogP contribution in [-0.2, 0) is 24.9 Å². The number of nitrogens with zero attached hydrogens (tertiary/aromatic N) is 2. The molecular weight excluding hydrogens is 729 g/mol. The first kappa shape index (κ1) is 38.0. The molecule has 0 spiro atoms. The summed E-state index contributed by atoms with van der Waals surface area (Å²) in [6, 6.07) is 29.1. The van der Waals surface area contributed by atoms with Crippen LogP contribution in [0.15, 0.2) is 101 Å². The van der Waals surface area contributed by atoms with Crippen LogP contribution in [0.5, 0.6) is 0 Å². The van der Waals surface area contributed by atoms with Gasteiger partial charge in [-0.25, -0.2) is 26.0 Å². The van der Waals surface area contributed by atoms with Crippen LogP contribution in [0.3, 0.4) is 0 Å². The number of nitrogens with one attached hydrogen (secondary N) is 2. The van der Waals surface area contributed by atoms with Crippen molar-refractivity contribution in [1.82, 2.24) is 0 Å². The van der Waals surface area contributed by atoms with Crippen molar-refractivity contribution in [2.45, 2.75) is 27.7 Å². The molecule has 0 fully saturated rings. The molecule has 0 aliphatic heterocycles. The summed E-state index contributed by atoms with van der Waals surface area (Å²) in [6.07, 6.45) is 2.21. The van der Waals surface area contributed by atoms with E-state index in [4.69, 9.17) is 4.42 Å². The molecule has 12 nitrogen and oxygen atoms in total. The summed E-state index contributed by atoms with van der Waals surface area (Å²) in [5.74, 6) is -0.918. The zero-order valence-electron chi connectivity index (χ0n) is 30.7. The van der Waals surface area contributed by atoms with Gasteiger partial charge < -0.3 is 9.80 Å². The van der Waals surface area contributed by atoms with E-state index in [1.54, 1.807) is 42.5 Å². The molecule has 0 saturated carbocycles. The van der Waals surface area contributed by atoms with E-state index in [1.807, 2.05) is 92.1 Å². The van der Waals surface area contributed by atoms with Gasteiger partial charge in [-0.3, -0.25) is 14.3 Å². The maximum Gasteiger partial charge on any atom is 0.373 e. The lowest BCUT2D eigenvalue weighted by Gasteiger charge is -2.26. The molecule has 0 atom stereocenters. The van der Waals surface area contributed by atoms with Gasteiger partial charge in [0.15, 0.2) is 0 Å². The van der Waals surface area contributed by atoms with Crippen molar-refractivity contribution in [3.05, 3.63) is 114 Å². The van der Waals surface area contributed by atoms with Crippen LogP contribution >= 0.6 is 0 Å². The van der Waals surface area contributed by atoms with Crippen LogP contribution in [-0.4, -0.2) is 53.7 Å². The van der Waals surface area contributed by atoms with Crippen molar-refractivity contribution in [1.29, 1.82) is 0 Å². The molecule has 0 unspecified atom stereocenters. The highest BCUT2D eigenvalue weighted by Gasteiger charge is 2.27. The second-order valence-corrected chi connectivity index (χ2v) is 16.5. The Balaban J connectivity index is 1.60. The lowest BCUT2D eigenvalue weighted by atomic mass is 9.93. The van der Waals surface area contributed by atoms with E-state index in [0.29, 0.717) is 63.2 Å². The molecule has 5 aromatic carbocycles. The lowest BCUT2D eigenvalue weighted by molar-refractivity contribution is -0.182. The fourth-order valence-electron chi connectivity index (χ4n) is 6.73. The average Bonchev–Trinajstić information content (AvgIpc) is 3.12. The number of benzene rings is 5. The van der Waals surface area contributed by atoms with Crippen molar-refractivity contribution < 1.29 is 36.2 Å². The van der Waals surface area contributed by atoms with E-state index in [1.165, 1.54) is 0 Å². The van der Waals surface area contributed by atoms with Crippen LogP contribution in [0.25, 0.3) is 33.1 Å². The standard InChI is InChI=1S/C40H40N4O8S2/c1-7-43(35-22-27(15-14-26(35)4)41-53(5,47)48)28-16-18-32-37(23-28)51-38-24-29(44(8-2)36-21-25(3)13-20-34(36)42-54(6,49)50)17-19-33(38)39(32)30-11-9-10-12-31(30)40(45)52-46/h9-24,41-42H,7-8H2,1-6H3/p+1. The molecule has 3 N–H and O–H groups in total. The van der Waals surface area contributed by atoms with Crippen LogP contribution in [0.2, 0.25) is 0 Å². The van der Waals surface area contributed by atoms with Crippen molar-refractivity contribution in [2.75, 3.05) is 44.8 Å². The van der Waals surface area contributed by atoms with Gasteiger partial charge in [-0.05, 0) is 99.0 Å². The van der Waals surface area contributed by atoms with Gasteiger partial charge in [0.2, 0.25) is 20.0 Å². The SMILES string of the molecule is CCN(c1ccc2c(-c3ccccc3C(=O)OO)c3ccc(N(CC)c4cc(C)ccc4NS(C)(=O)=O)cc3[o+]c2c1)c1cc(NS(C)(=O)=O)ccc1C. The predicted molar refractivity (Wildman–Crippen MR) is 216 cm³/mol. The Morgan fingerprint density at radius 1 is 0.722 bits per heavy atom. The monoisotopic (exact) mass is 769 g/mol. The second-order valence-electron chi connectivity index (χ2n) is 13.0. The quantitative estimate of drug-likeness (QED) is 0.0476. The smallest absolute Gasteiger partial charge is 0.341 e. The van der Waals surface area contributed by atoms with Gasteiger partial charge in [-0.2, -0.15) is 5.26 Å². The van der Waals surface area contributed by atoms with E-state index in [0.717, 1.165) is 40.7 Å². The Morgan fingerprint density at radius 2 is 1.31 bits per heavy atom. The number of hydrogen-bond acceptors (Lipinski definition) is 9. The van der Waals surface area contributed by atoms with Crippen LogP contribution in [0, 0.1) is 13.8 Å². The average molecular weight is 770 g/mol. The highest BCUT2D eigenvalue weighted by atomic mass is 32.2. The minimum absolute atomic E-state index is 0.148. The summed E-state index contributed by atoms with van der Waals surface area (Å²) in [5.41, 5.74) is 7.94. The molecule has 14 heteroatoms. The maximum absolute atomic E-state index is 12.9. The maximum atomic E-state index is 12.9. The molecular formula is C40H41N4O8S2+. The summed E-state index contributed by atoms with van der Waals surface area (Å²) >= 11 is 0. The minimum Gasteiger partial charge on any atom is -0.341 e. The predicted octanol–water partition coefficient (Wildman–Crippen LogP) is 8.84. The molecule has 0 bridgehead atoms. The highest BCUT2D eigenvalue weighted by Crippen LogP contribution is 2.43. The van der Waals surface area contributed by atoms with E-state index in [9.17, 15) is 26.9 Å². The van der Waals surface area contributed by atoms with Gasteiger partial charge in [0, 0.05) is 24.3 Å². The molecule has 1 aromatic heterocycles. The first-order chi connectivity index (χ1) is 25.6. The second kappa shape index (κ2) is 15.0. The zero-order chi connectivity index (χ0) is 38.9. The Kier molecular flexibility index (Phi) is 10.5. The Bertz CT molecular complexity index is 2650. The number of carbonyl (C=O) groups excluding carboxylic acids is 1. The topological polar surface area (TPSA) is 157 Å². The number of fused-ring (bicyclic) bond motifs is 2. The van der Waals surface area contributed by atoms with E-state index in [-0.39, 0.29) is 5.56 Å². The van der Waals surface area contributed by atoms with Gasteiger partial charge in [-0.1, -0.05) is 30.3 Å². The molecule has 54 heavy (non-hydrogen) atoms. The first-order valence-corrected chi connectivity index (χ1v) is 20.9. The molecule has 6 aromatic rings. The van der Waals surface area contributed by atoms with Gasteiger partial charge in [0.05, 0.1) is 69.4 Å². The zero-order valence-corrected chi connectivity index (χ0v) is 32.3. The van der Waals surface area contributed by atoms with Crippen molar-refractivity contribution in [3.63, 3.8) is 0 Å². The number of rotatable bonds is 12. The summed E-state index contributed by atoms with van der Waals surface area (Å²) in [6.45, 7) is 8.86. The number of carbonyl (C=O) groups is 1. The summed E-state index contributed by atoms with van der Waals surface area (Å²) < 4.78 is 60.6. The fraction of sp³-hybridized carbons (Fsp3) is 0.200. The normalized spacial score (nSPS) is 11.8. The molecule has 0 aliphatic rings. The molecule has 0 aliphatic carbocycles. The van der Waals surface area contributed by atoms with Gasteiger partial charge >= 0.3 is 17.1 Å². The Hall–Kier alpha value is -5.70. The summed E-state index contributed by atoms with van der Waals surface area (Å²) in [7, 11) is -7.08. The third-order valence-electron chi connectivity index (χ3n) is 8.99. The van der Waals surface area contributed by atoms with Crippen molar-refractivity contribution in [3.8, 4) is 11.1 Å². The highest BCUT2D eigenvalue weighted by molar-refractivity contribution is 7.92. The van der Waals surface area contributed by atoms with E-state index in [2.05, 4.69) is 14.3 Å². The van der Waals surface area contributed by atoms with Crippen LogP contribution in [0.1, 0.15) is 35.3 Å². The van der Waals surface area contributed by atoms with Gasteiger partial charge in [0.25, 0.3) is 0 Å². The third kappa shape index (κ3) is 7.95. The molecule has 0 amide bonds. The fourth-order valence-corrected chi connectivity index (χ4v) is 7.86. The molecule has 280 valence electrons. The van der Waals surface area contributed by atoms with Gasteiger partial charge in [0.1, 0.15) is 0 Å². The third-order valence-corrected chi connectivity index (χ3v) is 10.2. The van der Waals surface area contributed by atoms with Gasteiger partial charge in [-0.15, -0.1) is 0 Å². The number of anilines is 6. The Labute approximate surface area is 314 Å². The molecule has 0 radical (unpaired) electrons. The number of sulfonamides is 2. The molecule has 1 heterocycles. The first-order valence-electron chi connectivity index (χ1n) is 17.1. The van der Waals surface area contributed by atoms with E-state index < -0.39 is 26.0 Å². The Morgan fingerprint density at radius 3 is 1.89 bits per heavy atom. The minimum atomic E-state index is -3.58. The summed E-state index contributed by atoms with van der Waals surface area (Å²) in [5, 5.41) is 10.8. The van der Waals surface area contributed by atoms with Crippen molar-refractivity contribution >= 4 is 82.1 Å². The molecule has 0 saturated heterocycles. The van der Waals surface area contributed by atoms with Crippen LogP contribution in [0.4, 0.5) is 34.1 Å². The van der Waals surface area contributed by atoms with E-state index >= 15 is 0 Å². The van der Waals surface area contributed by atoms with Crippen LogP contribution < -0.4 is 19.2 Å². The lowest BCUT2D eigenvalue weighted by Crippen LogP contribution is -2.19. The largest absolute Gasteiger partial charge is 0.373 e. The number of aryl methyl sites for hydroxylation is 2. The summed E-state index contributed by atoms with van der Waals surface area (Å²) in [4.78, 5) is 21.1.